The molecule has 6 heteroatoms. The van der Waals surface area contributed by atoms with Gasteiger partial charge in [-0.05, 0) is 0 Å². The van der Waals surface area contributed by atoms with Gasteiger partial charge in [-0.2, -0.15) is 0 Å². The number of rotatable bonds is 3. The summed E-state index contributed by atoms with van der Waals surface area (Å²) in [7, 11) is 0. The van der Waals surface area contributed by atoms with Gasteiger partial charge in [-0.25, -0.2) is 10.8 Å². The number of carbonyl (C=O) groups excluding carboxylic acids is 1. The Hall–Kier alpha value is -1.14. The lowest BCUT2D eigenvalue weighted by atomic mass is 10.7. The van der Waals surface area contributed by atoms with Crippen molar-refractivity contribution in [3.63, 3.8) is 0 Å². The molecule has 0 fully saturated rings. The third kappa shape index (κ3) is 2.85. The number of nitrogens with zero attached hydrogens (tertiary/aromatic N) is 2. The topological polar surface area (TPSA) is 80.9 Å². The summed E-state index contributed by atoms with van der Waals surface area (Å²) in [5, 5.41) is 0.709. The van der Waals surface area contributed by atoms with E-state index in [1.807, 2.05) is 5.43 Å². The van der Waals surface area contributed by atoms with E-state index < -0.39 is 0 Å². The van der Waals surface area contributed by atoms with Crippen LogP contribution in [0.15, 0.2) is 23.6 Å². The predicted octanol–water partition coefficient (Wildman–Crippen LogP) is -0.441. The van der Waals surface area contributed by atoms with Crippen molar-refractivity contribution in [2.45, 2.75) is 5.03 Å². The number of aromatic nitrogens is 2. The molecule has 0 aliphatic heterocycles. The molecule has 0 atom stereocenters. The van der Waals surface area contributed by atoms with Crippen molar-refractivity contribution in [1.29, 1.82) is 0 Å². The van der Waals surface area contributed by atoms with Gasteiger partial charge in [0.05, 0.1) is 11.9 Å². The van der Waals surface area contributed by atoms with Gasteiger partial charge in [-0.15, -0.1) is 0 Å². The molecule has 0 saturated heterocycles. The lowest BCUT2D eigenvalue weighted by Crippen LogP contribution is -2.31. The summed E-state index contributed by atoms with van der Waals surface area (Å²) in [6.07, 6.45) is 4.74. The lowest BCUT2D eigenvalue weighted by molar-refractivity contribution is -0.118. The average Bonchev–Trinajstić information content (AvgIpc) is 2.16. The number of hydrazine groups is 1. The van der Waals surface area contributed by atoms with E-state index in [9.17, 15) is 4.79 Å². The molecule has 12 heavy (non-hydrogen) atoms. The van der Waals surface area contributed by atoms with E-state index in [1.54, 1.807) is 18.6 Å². The molecule has 0 radical (unpaired) electrons. The van der Waals surface area contributed by atoms with E-state index in [4.69, 9.17) is 5.84 Å². The summed E-state index contributed by atoms with van der Waals surface area (Å²) in [5.74, 6) is 4.92. The van der Waals surface area contributed by atoms with Crippen LogP contribution >= 0.6 is 11.8 Å². The highest BCUT2D eigenvalue weighted by molar-refractivity contribution is 7.99. The molecule has 1 heterocycles. The molecule has 0 aromatic carbocycles. The Balaban J connectivity index is 2.38. The van der Waals surface area contributed by atoms with Crippen LogP contribution in [-0.2, 0) is 4.79 Å². The molecule has 0 saturated carbocycles. The Morgan fingerprint density at radius 3 is 3.08 bits per heavy atom. The molecule has 0 aliphatic rings. The molecule has 0 spiro atoms. The van der Waals surface area contributed by atoms with Gasteiger partial charge in [-0.3, -0.25) is 15.2 Å². The Labute approximate surface area is 73.7 Å². The zero-order valence-electron chi connectivity index (χ0n) is 6.23. The van der Waals surface area contributed by atoms with Crippen LogP contribution in [0.3, 0.4) is 0 Å². The minimum Gasteiger partial charge on any atom is -0.294 e. The highest BCUT2D eigenvalue weighted by Gasteiger charge is 2.00. The van der Waals surface area contributed by atoms with Crippen LogP contribution in [0.4, 0.5) is 0 Å². The molecule has 0 unspecified atom stereocenters. The van der Waals surface area contributed by atoms with Gasteiger partial charge >= 0.3 is 0 Å². The van der Waals surface area contributed by atoms with Crippen LogP contribution in [0.1, 0.15) is 0 Å². The maximum atomic E-state index is 10.7. The highest BCUT2D eigenvalue weighted by atomic mass is 32.2. The largest absolute Gasteiger partial charge is 0.294 e. The Morgan fingerprint density at radius 2 is 2.50 bits per heavy atom. The average molecular weight is 184 g/mol. The van der Waals surface area contributed by atoms with Gasteiger partial charge < -0.3 is 0 Å². The smallest absolute Gasteiger partial charge is 0.244 e. The fraction of sp³-hybridized carbons (Fsp3) is 0.167. The van der Waals surface area contributed by atoms with Gasteiger partial charge in [-0.1, -0.05) is 11.8 Å². The SMILES string of the molecule is NNC(=O)CSc1cnccn1. The number of nitrogens with two attached hydrogens (primary N) is 1. The van der Waals surface area contributed by atoms with E-state index in [0.717, 1.165) is 0 Å². The summed E-state index contributed by atoms with van der Waals surface area (Å²) in [6.45, 7) is 0. The fourth-order valence-electron chi connectivity index (χ4n) is 0.541. The Kier molecular flexibility index (Phi) is 3.49. The van der Waals surface area contributed by atoms with Crippen molar-refractivity contribution in [2.24, 2.45) is 5.84 Å². The van der Waals surface area contributed by atoms with Gasteiger partial charge in [0.15, 0.2) is 0 Å². The molecule has 5 nitrogen and oxygen atoms in total. The molecule has 1 rings (SSSR count). The van der Waals surface area contributed by atoms with E-state index in [0.29, 0.717) is 5.03 Å². The second-order valence-electron chi connectivity index (χ2n) is 1.90. The zero-order chi connectivity index (χ0) is 8.81. The van der Waals surface area contributed by atoms with Gasteiger partial charge in [0.25, 0.3) is 0 Å². The van der Waals surface area contributed by atoms with Crippen LogP contribution in [0.2, 0.25) is 0 Å². The minimum absolute atomic E-state index is 0.231. The first kappa shape index (κ1) is 8.95. The first-order valence-electron chi connectivity index (χ1n) is 3.21. The molecule has 0 bridgehead atoms. The lowest BCUT2D eigenvalue weighted by Gasteiger charge is -1.97. The quantitative estimate of drug-likeness (QED) is 0.288. The fourth-order valence-corrected chi connectivity index (χ4v) is 1.17. The Bertz CT molecular complexity index is 253. The Morgan fingerprint density at radius 1 is 1.67 bits per heavy atom. The summed E-state index contributed by atoms with van der Waals surface area (Å²) < 4.78 is 0. The third-order valence-electron chi connectivity index (χ3n) is 1.05. The molecule has 1 aromatic rings. The predicted molar refractivity (Wildman–Crippen MR) is 45.1 cm³/mol. The molecule has 64 valence electrons. The van der Waals surface area contributed by atoms with Crippen LogP contribution in [-0.4, -0.2) is 21.6 Å². The summed E-state index contributed by atoms with van der Waals surface area (Å²) in [5.41, 5.74) is 2.03. The van der Waals surface area contributed by atoms with Crippen molar-refractivity contribution in [3.8, 4) is 0 Å². The minimum atomic E-state index is -0.231. The summed E-state index contributed by atoms with van der Waals surface area (Å²) in [6, 6.07) is 0. The normalized spacial score (nSPS) is 9.42. The van der Waals surface area contributed by atoms with Gasteiger partial charge in [0.1, 0.15) is 5.03 Å². The zero-order valence-corrected chi connectivity index (χ0v) is 7.04. The molecule has 1 aromatic heterocycles. The van der Waals surface area contributed by atoms with E-state index in [2.05, 4.69) is 9.97 Å². The second kappa shape index (κ2) is 4.68. The standard InChI is InChI=1S/C6H8N4OS/c7-10-5(11)4-12-6-3-8-1-2-9-6/h1-3H,4,7H2,(H,10,11). The van der Waals surface area contributed by atoms with E-state index >= 15 is 0 Å². The number of thioether (sulfide) groups is 1. The van der Waals surface area contributed by atoms with E-state index in [-0.39, 0.29) is 11.7 Å². The second-order valence-corrected chi connectivity index (χ2v) is 2.90. The summed E-state index contributed by atoms with van der Waals surface area (Å²) >= 11 is 1.29. The van der Waals surface area contributed by atoms with Crippen molar-refractivity contribution >= 4 is 17.7 Å². The number of nitrogens with one attached hydrogen (secondary N) is 1. The van der Waals surface area contributed by atoms with E-state index in [1.165, 1.54) is 11.8 Å². The summed E-state index contributed by atoms with van der Waals surface area (Å²) in [4.78, 5) is 18.5. The monoisotopic (exact) mass is 184 g/mol. The molecular weight excluding hydrogens is 176 g/mol. The molecule has 0 aliphatic carbocycles. The number of hydrogen-bond donors (Lipinski definition) is 2. The van der Waals surface area contributed by atoms with Crippen LogP contribution in [0.5, 0.6) is 0 Å². The van der Waals surface area contributed by atoms with Crippen molar-refractivity contribution in [1.82, 2.24) is 15.4 Å². The molecular formula is C6H8N4OS. The van der Waals surface area contributed by atoms with Crippen LogP contribution in [0, 0.1) is 0 Å². The van der Waals surface area contributed by atoms with Crippen molar-refractivity contribution < 1.29 is 4.79 Å². The maximum absolute atomic E-state index is 10.7. The van der Waals surface area contributed by atoms with Crippen molar-refractivity contribution in [3.05, 3.63) is 18.6 Å². The molecule has 1 amide bonds. The first-order chi connectivity index (χ1) is 5.83. The first-order valence-corrected chi connectivity index (χ1v) is 4.19. The maximum Gasteiger partial charge on any atom is 0.244 e. The number of carbonyl (C=O) groups is 1. The van der Waals surface area contributed by atoms with Crippen molar-refractivity contribution in [2.75, 3.05) is 5.75 Å². The number of hydrogen-bond acceptors (Lipinski definition) is 5. The highest BCUT2D eigenvalue weighted by Crippen LogP contribution is 2.11. The van der Waals surface area contributed by atoms with Crippen LogP contribution < -0.4 is 11.3 Å². The number of amides is 1. The van der Waals surface area contributed by atoms with Gasteiger partial charge in [0.2, 0.25) is 5.91 Å². The van der Waals surface area contributed by atoms with Gasteiger partial charge in [0, 0.05) is 12.4 Å². The third-order valence-corrected chi connectivity index (χ3v) is 1.96. The van der Waals surface area contributed by atoms with Crippen LogP contribution in [0.25, 0.3) is 0 Å². The molecule has 3 N–H and O–H groups in total.